The lowest BCUT2D eigenvalue weighted by molar-refractivity contribution is 0.458. The first kappa shape index (κ1) is 13.3. The van der Waals surface area contributed by atoms with Crippen LogP contribution in [0.4, 0.5) is 0 Å². The van der Waals surface area contributed by atoms with E-state index in [4.69, 9.17) is 18.4 Å². The van der Waals surface area contributed by atoms with Crippen LogP contribution >= 0.6 is 0 Å². The zero-order chi connectivity index (χ0) is 13.5. The van der Waals surface area contributed by atoms with Crippen LogP contribution in [0.3, 0.4) is 0 Å². The van der Waals surface area contributed by atoms with Crippen LogP contribution in [0.25, 0.3) is 0 Å². The van der Waals surface area contributed by atoms with Gasteiger partial charge in [-0.2, -0.15) is 0 Å². The Morgan fingerprint density at radius 2 is 1.16 bits per heavy atom. The third-order valence-corrected chi connectivity index (χ3v) is 3.20. The molecule has 0 amide bonds. The lowest BCUT2D eigenvalue weighted by Crippen LogP contribution is -2.12. The van der Waals surface area contributed by atoms with Crippen molar-refractivity contribution >= 4 is 28.3 Å². The van der Waals surface area contributed by atoms with Gasteiger partial charge in [0, 0.05) is 23.6 Å². The molecule has 0 bridgehead atoms. The van der Waals surface area contributed by atoms with E-state index in [0.29, 0.717) is 11.5 Å². The minimum absolute atomic E-state index is 0.639. The second kappa shape index (κ2) is 6.74. The van der Waals surface area contributed by atoms with Crippen LogP contribution in [0.2, 0.25) is 0 Å². The summed E-state index contributed by atoms with van der Waals surface area (Å²) in [5.74, 6) is 1.28. The molecular weight excluding hydrogens is 255 g/mol. The average molecular weight is 267 g/mol. The molecule has 0 saturated heterocycles. The second-order valence-electron chi connectivity index (χ2n) is 3.70. The van der Waals surface area contributed by atoms with Gasteiger partial charge in [-0.3, -0.25) is 0 Å². The van der Waals surface area contributed by atoms with E-state index < -0.39 is 15.9 Å². The van der Waals surface area contributed by atoms with Gasteiger partial charge in [0.1, 0.15) is 0 Å². The highest BCUT2D eigenvalue weighted by Crippen LogP contribution is 2.17. The van der Waals surface area contributed by atoms with Gasteiger partial charge in [-0.05, 0) is 24.3 Å². The molecule has 2 aromatic carbocycles. The van der Waals surface area contributed by atoms with Crippen molar-refractivity contribution in [2.75, 3.05) is 0 Å². The number of hydrogen-bond donors (Lipinski definition) is 2. The van der Waals surface area contributed by atoms with Crippen molar-refractivity contribution in [2.45, 2.75) is 0 Å². The van der Waals surface area contributed by atoms with E-state index in [2.05, 4.69) is 0 Å². The van der Waals surface area contributed by atoms with Crippen molar-refractivity contribution < 1.29 is 7.58 Å². The topological polar surface area (TPSA) is 66.2 Å². The number of nitrogens with one attached hydrogen (secondary N) is 2. The maximum atomic E-state index is 7.28. The average Bonchev–Trinajstić information content (AvgIpc) is 2.48. The molecule has 2 rings (SSSR count). The molecule has 0 atom stereocenters. The van der Waals surface area contributed by atoms with E-state index in [9.17, 15) is 0 Å². The van der Waals surface area contributed by atoms with Crippen LogP contribution in [0, 0.1) is 10.8 Å². The molecule has 5 heteroatoms. The van der Waals surface area contributed by atoms with Gasteiger partial charge in [0.25, 0.3) is 0 Å². The fraction of sp³-hybridized carbons (Fsp3) is 0. The first-order valence-corrected chi connectivity index (χ1v) is 6.63. The fourth-order valence-electron chi connectivity index (χ4n) is 1.54. The van der Waals surface area contributed by atoms with Gasteiger partial charge in [-0.1, -0.05) is 24.3 Å². The zero-order valence-corrected chi connectivity index (χ0v) is 11.3. The highest BCUT2D eigenvalue weighted by Gasteiger charge is 2.09. The molecule has 0 heterocycles. The van der Waals surface area contributed by atoms with E-state index in [1.54, 1.807) is 12.1 Å². The molecule has 4 nitrogen and oxygen atoms in total. The molecule has 19 heavy (non-hydrogen) atoms. The largest absolute Gasteiger partial charge is 0.881 e. The molecule has 0 aliphatic rings. The quantitative estimate of drug-likeness (QED) is 0.624. The summed E-state index contributed by atoms with van der Waals surface area (Å²) >= 11 is -0.737. The van der Waals surface area contributed by atoms with E-state index >= 15 is 0 Å². The van der Waals surface area contributed by atoms with Crippen LogP contribution in [0.5, 0.6) is 11.5 Å². The first-order valence-electron chi connectivity index (χ1n) is 5.69. The minimum atomic E-state index is -0.737. The lowest BCUT2D eigenvalue weighted by Gasteiger charge is -2.11. The molecule has 1 radical (unpaired) electrons. The molecule has 2 aromatic rings. The van der Waals surface area contributed by atoms with Gasteiger partial charge in [0.15, 0.2) is 0 Å². The third kappa shape index (κ3) is 3.44. The predicted octanol–water partition coefficient (Wildman–Crippen LogP) is 2.67. The van der Waals surface area contributed by atoms with Gasteiger partial charge in [-0.25, -0.2) is 0 Å². The highest BCUT2D eigenvalue weighted by atomic mass is 27.2. The minimum Gasteiger partial charge on any atom is -0.615 e. The summed E-state index contributed by atoms with van der Waals surface area (Å²) in [6.07, 6.45) is 2.50. The van der Waals surface area contributed by atoms with Gasteiger partial charge < -0.3 is 18.4 Å². The SMILES string of the molecule is N=Cc1ccccc1[O][Al][O]c1ccccc1C=N. The summed E-state index contributed by atoms with van der Waals surface area (Å²) in [6.45, 7) is 0. The van der Waals surface area contributed by atoms with Gasteiger partial charge >= 0.3 is 15.9 Å². The Hall–Kier alpha value is -2.09. The summed E-state index contributed by atoms with van der Waals surface area (Å²) in [5, 5.41) is 14.6. The number of para-hydroxylation sites is 2. The molecule has 0 spiro atoms. The van der Waals surface area contributed by atoms with Crippen molar-refractivity contribution in [2.24, 2.45) is 0 Å². The number of hydrogen-bond acceptors (Lipinski definition) is 4. The van der Waals surface area contributed by atoms with Crippen LogP contribution in [0.15, 0.2) is 48.5 Å². The van der Waals surface area contributed by atoms with Crippen molar-refractivity contribution in [3.05, 3.63) is 59.7 Å². The van der Waals surface area contributed by atoms with Crippen LogP contribution in [-0.2, 0) is 0 Å². The molecule has 0 saturated carbocycles. The maximum absolute atomic E-state index is 7.28. The molecule has 0 fully saturated rings. The molecule has 0 unspecified atom stereocenters. The predicted molar refractivity (Wildman–Crippen MR) is 75.7 cm³/mol. The first-order chi connectivity index (χ1) is 9.35. The van der Waals surface area contributed by atoms with Gasteiger partial charge in [0.2, 0.25) is 0 Å². The summed E-state index contributed by atoms with van der Waals surface area (Å²) in [7, 11) is 0. The Morgan fingerprint density at radius 1 is 0.737 bits per heavy atom. The summed E-state index contributed by atoms with van der Waals surface area (Å²) < 4.78 is 11.1. The normalized spacial score (nSPS) is 9.47. The van der Waals surface area contributed by atoms with Gasteiger partial charge in [0.05, 0.1) is 11.5 Å². The fourth-order valence-corrected chi connectivity index (χ4v) is 2.23. The smallest absolute Gasteiger partial charge is 0.615 e. The van der Waals surface area contributed by atoms with Crippen LogP contribution < -0.4 is 7.58 Å². The van der Waals surface area contributed by atoms with E-state index in [1.807, 2.05) is 36.4 Å². The third-order valence-electron chi connectivity index (χ3n) is 2.50. The van der Waals surface area contributed by atoms with Crippen LogP contribution in [0.1, 0.15) is 11.1 Å². The lowest BCUT2D eigenvalue weighted by atomic mass is 10.2. The molecule has 93 valence electrons. The van der Waals surface area contributed by atoms with Crippen molar-refractivity contribution in [3.8, 4) is 11.5 Å². The Balaban J connectivity index is 2.00. The van der Waals surface area contributed by atoms with E-state index in [-0.39, 0.29) is 0 Å². The summed E-state index contributed by atoms with van der Waals surface area (Å²) in [6, 6.07) is 14.7. The summed E-state index contributed by atoms with van der Waals surface area (Å²) in [5.41, 5.74) is 1.44. The van der Waals surface area contributed by atoms with E-state index in [0.717, 1.165) is 11.1 Å². The molecule has 0 aromatic heterocycles. The number of rotatable bonds is 6. The van der Waals surface area contributed by atoms with Crippen molar-refractivity contribution in [3.63, 3.8) is 0 Å². The zero-order valence-electron chi connectivity index (χ0n) is 10.2. The Labute approximate surface area is 118 Å². The van der Waals surface area contributed by atoms with Crippen molar-refractivity contribution in [1.82, 2.24) is 0 Å². The maximum Gasteiger partial charge on any atom is 0.881 e. The van der Waals surface area contributed by atoms with Gasteiger partial charge in [-0.15, -0.1) is 0 Å². The monoisotopic (exact) mass is 267 g/mol. The molecule has 0 aliphatic carbocycles. The van der Waals surface area contributed by atoms with Crippen LogP contribution in [-0.4, -0.2) is 28.3 Å². The summed E-state index contributed by atoms with van der Waals surface area (Å²) in [4.78, 5) is 0. The highest BCUT2D eigenvalue weighted by molar-refractivity contribution is 6.21. The molecular formula is C14H12AlN2O2. The second-order valence-corrected chi connectivity index (χ2v) is 4.36. The Morgan fingerprint density at radius 3 is 1.58 bits per heavy atom. The number of benzene rings is 2. The Bertz CT molecular complexity index is 536. The molecule has 2 N–H and O–H groups in total. The molecule has 0 aliphatic heterocycles. The standard InChI is InChI=1S/2C7H7NO.Al/c2*8-5-6-3-1-2-4-7(6)9;/h2*1-5,8-9H;/q;;+2/p-2. The van der Waals surface area contributed by atoms with E-state index in [1.165, 1.54) is 12.4 Å². The Kier molecular flexibility index (Phi) is 4.73. The van der Waals surface area contributed by atoms with Crippen molar-refractivity contribution in [1.29, 1.82) is 10.8 Å².